The summed E-state index contributed by atoms with van der Waals surface area (Å²) in [6, 6.07) is 12.6. The smallest absolute Gasteiger partial charge is 0.231 e. The van der Waals surface area contributed by atoms with Gasteiger partial charge in [-0.1, -0.05) is 6.42 Å². The second kappa shape index (κ2) is 12.4. The normalized spacial score (nSPS) is 16.8. The van der Waals surface area contributed by atoms with E-state index >= 15 is 0 Å². The van der Waals surface area contributed by atoms with Crippen LogP contribution in [-0.2, 0) is 22.4 Å². The Morgan fingerprint density at radius 1 is 0.675 bits per heavy atom. The summed E-state index contributed by atoms with van der Waals surface area (Å²) in [7, 11) is 0. The monoisotopic (exact) mass is 544 g/mol. The molecule has 0 unspecified atom stereocenters. The van der Waals surface area contributed by atoms with E-state index in [-0.39, 0.29) is 36.5 Å². The topological polar surface area (TPSA) is 136 Å². The zero-order valence-electron chi connectivity index (χ0n) is 21.4. The van der Waals surface area contributed by atoms with Crippen molar-refractivity contribution in [2.45, 2.75) is 50.4 Å². The maximum Gasteiger partial charge on any atom is 0.231 e. The summed E-state index contributed by atoms with van der Waals surface area (Å²) in [6.45, 7) is 0. The van der Waals surface area contributed by atoms with Gasteiger partial charge in [-0.25, -0.2) is 8.78 Å². The van der Waals surface area contributed by atoms with Crippen LogP contribution in [0, 0.1) is 11.6 Å². The van der Waals surface area contributed by atoms with E-state index in [2.05, 4.69) is 41.0 Å². The number of amides is 2. The molecule has 0 radical (unpaired) electrons. The van der Waals surface area contributed by atoms with E-state index in [9.17, 15) is 18.4 Å². The van der Waals surface area contributed by atoms with Crippen molar-refractivity contribution in [2.75, 3.05) is 10.6 Å². The van der Waals surface area contributed by atoms with Gasteiger partial charge in [-0.15, -0.1) is 10.2 Å². The Morgan fingerprint density at radius 3 is 1.52 bits per heavy atom. The molecule has 2 atom stereocenters. The van der Waals surface area contributed by atoms with Crippen LogP contribution in [0.4, 0.5) is 20.4 Å². The Bertz CT molecular complexity index is 1340. The van der Waals surface area contributed by atoms with E-state index in [0.29, 0.717) is 23.0 Å². The predicted octanol–water partition coefficient (Wildman–Crippen LogP) is 4.14. The van der Waals surface area contributed by atoms with Crippen molar-refractivity contribution in [1.82, 2.24) is 30.4 Å². The molecule has 1 aliphatic rings. The lowest BCUT2D eigenvalue weighted by Crippen LogP contribution is -2.19. The van der Waals surface area contributed by atoms with E-state index in [0.717, 1.165) is 49.5 Å². The molecule has 40 heavy (non-hydrogen) atoms. The van der Waals surface area contributed by atoms with E-state index < -0.39 is 11.6 Å². The minimum absolute atomic E-state index is 0.00296. The Kier molecular flexibility index (Phi) is 8.33. The first-order valence-corrected chi connectivity index (χ1v) is 12.9. The first-order chi connectivity index (χ1) is 19.4. The molecule has 5 rings (SSSR count). The van der Waals surface area contributed by atoms with Crippen molar-refractivity contribution < 1.29 is 18.4 Å². The number of carbonyl (C=O) groups excluding carboxylic acids is 2. The molecular weight excluding hydrogens is 518 g/mol. The van der Waals surface area contributed by atoms with Crippen LogP contribution in [0.2, 0.25) is 0 Å². The highest BCUT2D eigenvalue weighted by Gasteiger charge is 2.27. The number of halogens is 2. The van der Waals surface area contributed by atoms with Gasteiger partial charge in [-0.05, 0) is 67.8 Å². The molecule has 0 spiro atoms. The molecule has 1 aliphatic carbocycles. The number of hydrogen-bond acceptors (Lipinski definition) is 8. The van der Waals surface area contributed by atoms with Crippen LogP contribution >= 0.6 is 0 Å². The van der Waals surface area contributed by atoms with Crippen molar-refractivity contribution in [3.63, 3.8) is 0 Å². The molecule has 2 N–H and O–H groups in total. The molecule has 204 valence electrons. The number of anilines is 2. The SMILES string of the molecule is O=C(Cc1ccc(F)cn1)Nc1ccc([C@H]2CCC[C@H](c3ccc(NC(=O)Cc4ccc(F)cn4)nn3)C2)nn1. The highest BCUT2D eigenvalue weighted by molar-refractivity contribution is 5.91. The van der Waals surface area contributed by atoms with Gasteiger partial charge in [-0.3, -0.25) is 19.6 Å². The van der Waals surface area contributed by atoms with Crippen LogP contribution in [0.3, 0.4) is 0 Å². The Labute approximate surface area is 228 Å². The van der Waals surface area contributed by atoms with Crippen LogP contribution in [0.25, 0.3) is 0 Å². The van der Waals surface area contributed by atoms with Gasteiger partial charge in [0.1, 0.15) is 11.6 Å². The average molecular weight is 545 g/mol. The fourth-order valence-corrected chi connectivity index (χ4v) is 4.71. The Balaban J connectivity index is 1.13. The van der Waals surface area contributed by atoms with Gasteiger partial charge >= 0.3 is 0 Å². The number of nitrogens with zero attached hydrogens (tertiary/aromatic N) is 6. The summed E-state index contributed by atoms with van der Waals surface area (Å²) in [4.78, 5) is 32.3. The molecule has 0 aromatic carbocycles. The van der Waals surface area contributed by atoms with Crippen LogP contribution in [0.1, 0.15) is 60.3 Å². The number of aromatic nitrogens is 6. The third-order valence-electron chi connectivity index (χ3n) is 6.68. The van der Waals surface area contributed by atoms with Crippen LogP contribution in [-0.4, -0.2) is 42.2 Å². The highest BCUT2D eigenvalue weighted by atomic mass is 19.1. The molecule has 4 aromatic rings. The van der Waals surface area contributed by atoms with Gasteiger partial charge in [0.15, 0.2) is 11.6 Å². The number of hydrogen-bond donors (Lipinski definition) is 2. The van der Waals surface area contributed by atoms with E-state index in [4.69, 9.17) is 0 Å². The quantitative estimate of drug-likeness (QED) is 0.338. The lowest BCUT2D eigenvalue weighted by atomic mass is 9.78. The van der Waals surface area contributed by atoms with E-state index in [1.807, 2.05) is 12.1 Å². The standard InChI is InChI=1S/C28H26F2N8O2/c29-19-4-6-21(31-15-19)13-27(39)33-25-10-8-23(35-37-25)17-2-1-3-18(12-17)24-9-11-26(38-36-24)34-28(40)14-22-7-5-20(30)16-32-22/h4-11,15-18H,1-3,12-14H2,(H,33,37,39)(H,34,38,40)/t17-,18-/m0/s1. The molecule has 1 fully saturated rings. The molecular formula is C28H26F2N8O2. The molecule has 0 aliphatic heterocycles. The zero-order valence-corrected chi connectivity index (χ0v) is 21.4. The summed E-state index contributed by atoms with van der Waals surface area (Å²) in [5.41, 5.74) is 2.60. The molecule has 12 heteroatoms. The van der Waals surface area contributed by atoms with Crippen molar-refractivity contribution >= 4 is 23.5 Å². The number of nitrogens with one attached hydrogen (secondary N) is 2. The summed E-state index contributed by atoms with van der Waals surface area (Å²) < 4.78 is 26.0. The highest BCUT2D eigenvalue weighted by Crippen LogP contribution is 2.40. The van der Waals surface area contributed by atoms with E-state index in [1.165, 1.54) is 24.3 Å². The van der Waals surface area contributed by atoms with Gasteiger partial charge in [0.25, 0.3) is 0 Å². The number of rotatable bonds is 8. The first kappa shape index (κ1) is 26.9. The molecule has 4 aromatic heterocycles. The fraction of sp³-hybridized carbons (Fsp3) is 0.286. The second-order valence-electron chi connectivity index (χ2n) is 9.63. The number of carbonyl (C=O) groups is 2. The maximum atomic E-state index is 13.0. The van der Waals surface area contributed by atoms with Gasteiger partial charge in [0.05, 0.1) is 36.6 Å². The minimum Gasteiger partial charge on any atom is -0.309 e. The van der Waals surface area contributed by atoms with Crippen molar-refractivity contribution in [1.29, 1.82) is 0 Å². The summed E-state index contributed by atoms with van der Waals surface area (Å²) in [5.74, 6) is -0.507. The van der Waals surface area contributed by atoms with Gasteiger partial charge in [0, 0.05) is 23.2 Å². The summed E-state index contributed by atoms with van der Waals surface area (Å²) >= 11 is 0. The lowest BCUT2D eigenvalue weighted by molar-refractivity contribution is -0.116. The van der Waals surface area contributed by atoms with E-state index in [1.54, 1.807) is 12.1 Å². The zero-order chi connectivity index (χ0) is 27.9. The molecule has 0 bridgehead atoms. The fourth-order valence-electron chi connectivity index (χ4n) is 4.71. The van der Waals surface area contributed by atoms with Crippen LogP contribution < -0.4 is 10.6 Å². The van der Waals surface area contributed by atoms with Crippen molar-refractivity contribution in [3.05, 3.63) is 95.3 Å². The second-order valence-corrected chi connectivity index (χ2v) is 9.63. The van der Waals surface area contributed by atoms with Gasteiger partial charge < -0.3 is 10.6 Å². The van der Waals surface area contributed by atoms with Gasteiger partial charge in [-0.2, -0.15) is 10.2 Å². The number of pyridine rings is 2. The van der Waals surface area contributed by atoms with Crippen molar-refractivity contribution in [3.8, 4) is 0 Å². The molecule has 2 amide bonds. The minimum atomic E-state index is -0.457. The molecule has 10 nitrogen and oxygen atoms in total. The summed E-state index contributed by atoms with van der Waals surface area (Å²) in [6.07, 6.45) is 5.90. The summed E-state index contributed by atoms with van der Waals surface area (Å²) in [5, 5.41) is 22.4. The van der Waals surface area contributed by atoms with Crippen molar-refractivity contribution in [2.24, 2.45) is 0 Å². The third kappa shape index (κ3) is 7.22. The molecule has 4 heterocycles. The molecule has 0 saturated heterocycles. The van der Waals surface area contributed by atoms with Gasteiger partial charge in [0.2, 0.25) is 11.8 Å². The largest absolute Gasteiger partial charge is 0.309 e. The predicted molar refractivity (Wildman–Crippen MR) is 141 cm³/mol. The first-order valence-electron chi connectivity index (χ1n) is 12.9. The van der Waals surface area contributed by atoms with Crippen LogP contribution in [0.5, 0.6) is 0 Å². The maximum absolute atomic E-state index is 13.0. The Morgan fingerprint density at radius 2 is 1.15 bits per heavy atom. The molecule has 1 saturated carbocycles. The Hall–Kier alpha value is -4.74. The third-order valence-corrected chi connectivity index (χ3v) is 6.68. The average Bonchev–Trinajstić information content (AvgIpc) is 2.96. The lowest BCUT2D eigenvalue weighted by Gasteiger charge is -2.28. The van der Waals surface area contributed by atoms with Crippen LogP contribution in [0.15, 0.2) is 60.9 Å².